The lowest BCUT2D eigenvalue weighted by Crippen LogP contribution is -2.39. The van der Waals surface area contributed by atoms with Crippen LogP contribution in [-0.4, -0.2) is 32.9 Å². The SMILES string of the molecule is COc1cc(C)cc(OC)c1OCC(C)CNC(C)(C)C. The molecule has 0 saturated heterocycles. The molecule has 0 fully saturated rings. The lowest BCUT2D eigenvalue weighted by Gasteiger charge is -2.24. The van der Waals surface area contributed by atoms with Gasteiger partial charge in [-0.25, -0.2) is 0 Å². The van der Waals surface area contributed by atoms with Crippen LogP contribution >= 0.6 is 0 Å². The molecule has 0 aliphatic carbocycles. The first-order valence-corrected chi connectivity index (χ1v) is 7.37. The van der Waals surface area contributed by atoms with Crippen LogP contribution in [-0.2, 0) is 0 Å². The fourth-order valence-corrected chi connectivity index (χ4v) is 1.92. The predicted molar refractivity (Wildman–Crippen MR) is 86.7 cm³/mol. The van der Waals surface area contributed by atoms with Gasteiger partial charge in [-0.3, -0.25) is 0 Å². The summed E-state index contributed by atoms with van der Waals surface area (Å²) in [5.74, 6) is 2.49. The van der Waals surface area contributed by atoms with E-state index in [0.717, 1.165) is 12.1 Å². The fourth-order valence-electron chi connectivity index (χ4n) is 1.92. The average Bonchev–Trinajstić information content (AvgIpc) is 2.41. The van der Waals surface area contributed by atoms with E-state index < -0.39 is 0 Å². The van der Waals surface area contributed by atoms with Crippen molar-refractivity contribution < 1.29 is 14.2 Å². The molecule has 120 valence electrons. The highest BCUT2D eigenvalue weighted by Gasteiger charge is 2.16. The minimum atomic E-state index is 0.119. The molecule has 1 unspecified atom stereocenters. The zero-order chi connectivity index (χ0) is 16.0. The average molecular weight is 295 g/mol. The Morgan fingerprint density at radius 2 is 1.62 bits per heavy atom. The number of rotatable bonds is 7. The van der Waals surface area contributed by atoms with Crippen molar-refractivity contribution in [1.82, 2.24) is 5.32 Å². The van der Waals surface area contributed by atoms with Crippen LogP contribution in [0.25, 0.3) is 0 Å². The first-order valence-electron chi connectivity index (χ1n) is 7.37. The normalized spacial score (nSPS) is 12.9. The standard InChI is InChI=1S/C17H29NO3/c1-12-8-14(19-6)16(15(9-12)20-7)21-11-13(2)10-18-17(3,4)5/h8-9,13,18H,10-11H2,1-7H3. The second-order valence-corrected chi connectivity index (χ2v) is 6.55. The molecule has 0 aromatic heterocycles. The number of benzene rings is 1. The van der Waals surface area contributed by atoms with Gasteiger partial charge in [0.2, 0.25) is 5.75 Å². The minimum Gasteiger partial charge on any atom is -0.493 e. The molecule has 0 saturated carbocycles. The summed E-state index contributed by atoms with van der Waals surface area (Å²) in [4.78, 5) is 0. The molecule has 0 heterocycles. The summed E-state index contributed by atoms with van der Waals surface area (Å²) in [5.41, 5.74) is 1.20. The lowest BCUT2D eigenvalue weighted by molar-refractivity contribution is 0.225. The zero-order valence-corrected chi connectivity index (χ0v) is 14.4. The quantitative estimate of drug-likeness (QED) is 0.836. The molecule has 0 bridgehead atoms. The van der Waals surface area contributed by atoms with E-state index in [-0.39, 0.29) is 5.54 Å². The maximum Gasteiger partial charge on any atom is 0.203 e. The van der Waals surface area contributed by atoms with Crippen LogP contribution in [0.5, 0.6) is 17.2 Å². The minimum absolute atomic E-state index is 0.119. The fraction of sp³-hybridized carbons (Fsp3) is 0.647. The predicted octanol–water partition coefficient (Wildman–Crippen LogP) is 3.42. The summed E-state index contributed by atoms with van der Waals surface area (Å²) in [6.07, 6.45) is 0. The van der Waals surface area contributed by atoms with Gasteiger partial charge in [-0.2, -0.15) is 0 Å². The van der Waals surface area contributed by atoms with Crippen molar-refractivity contribution in [3.63, 3.8) is 0 Å². The van der Waals surface area contributed by atoms with Gasteiger partial charge in [-0.05, 0) is 45.4 Å². The van der Waals surface area contributed by atoms with Crippen molar-refractivity contribution in [2.45, 2.75) is 40.2 Å². The summed E-state index contributed by atoms with van der Waals surface area (Å²) in [6, 6.07) is 3.91. The molecule has 0 aliphatic rings. The van der Waals surface area contributed by atoms with Crippen molar-refractivity contribution in [2.75, 3.05) is 27.4 Å². The maximum atomic E-state index is 5.94. The van der Waals surface area contributed by atoms with Crippen molar-refractivity contribution in [2.24, 2.45) is 5.92 Å². The van der Waals surface area contributed by atoms with Crippen LogP contribution in [0.2, 0.25) is 0 Å². The molecule has 4 nitrogen and oxygen atoms in total. The number of nitrogens with one attached hydrogen (secondary N) is 1. The van der Waals surface area contributed by atoms with Gasteiger partial charge in [-0.15, -0.1) is 0 Å². The number of ether oxygens (including phenoxy) is 3. The third-order valence-corrected chi connectivity index (χ3v) is 3.10. The molecule has 4 heteroatoms. The van der Waals surface area contributed by atoms with Gasteiger partial charge >= 0.3 is 0 Å². The highest BCUT2D eigenvalue weighted by molar-refractivity contribution is 5.53. The van der Waals surface area contributed by atoms with Crippen LogP contribution in [0, 0.1) is 12.8 Å². The van der Waals surface area contributed by atoms with E-state index in [1.165, 1.54) is 0 Å². The lowest BCUT2D eigenvalue weighted by atomic mass is 10.1. The summed E-state index contributed by atoms with van der Waals surface area (Å²) in [7, 11) is 3.29. The molecule has 21 heavy (non-hydrogen) atoms. The summed E-state index contributed by atoms with van der Waals surface area (Å²) >= 11 is 0. The van der Waals surface area contributed by atoms with Gasteiger partial charge in [0.15, 0.2) is 11.5 Å². The molecule has 1 atom stereocenters. The van der Waals surface area contributed by atoms with Crippen LogP contribution in [0.1, 0.15) is 33.3 Å². The smallest absolute Gasteiger partial charge is 0.203 e. The van der Waals surface area contributed by atoms with Crippen LogP contribution in [0.4, 0.5) is 0 Å². The van der Waals surface area contributed by atoms with Gasteiger partial charge < -0.3 is 19.5 Å². The summed E-state index contributed by atoms with van der Waals surface area (Å²) < 4.78 is 16.7. The van der Waals surface area contributed by atoms with E-state index in [9.17, 15) is 0 Å². The van der Waals surface area contributed by atoms with E-state index in [1.807, 2.05) is 19.1 Å². The molecular formula is C17H29NO3. The van der Waals surface area contributed by atoms with E-state index in [4.69, 9.17) is 14.2 Å². The van der Waals surface area contributed by atoms with Gasteiger partial charge in [0.05, 0.1) is 20.8 Å². The van der Waals surface area contributed by atoms with Crippen LogP contribution in [0.3, 0.4) is 0 Å². The first kappa shape index (κ1) is 17.6. The van der Waals surface area contributed by atoms with Crippen LogP contribution in [0.15, 0.2) is 12.1 Å². The van der Waals surface area contributed by atoms with E-state index in [1.54, 1.807) is 14.2 Å². The van der Waals surface area contributed by atoms with E-state index in [0.29, 0.717) is 29.8 Å². The Morgan fingerprint density at radius 3 is 2.05 bits per heavy atom. The Hall–Kier alpha value is -1.42. The second kappa shape index (κ2) is 7.55. The van der Waals surface area contributed by atoms with Gasteiger partial charge in [-0.1, -0.05) is 6.92 Å². The molecule has 0 aliphatic heterocycles. The largest absolute Gasteiger partial charge is 0.493 e. The first-order chi connectivity index (χ1) is 9.76. The molecule has 1 aromatic carbocycles. The zero-order valence-electron chi connectivity index (χ0n) is 14.4. The third-order valence-electron chi connectivity index (χ3n) is 3.10. The van der Waals surface area contributed by atoms with E-state index >= 15 is 0 Å². The molecule has 0 amide bonds. The summed E-state index contributed by atoms with van der Waals surface area (Å²) in [6.45, 7) is 12.2. The monoisotopic (exact) mass is 295 g/mol. The Kier molecular flexibility index (Phi) is 6.34. The van der Waals surface area contributed by atoms with Crippen molar-refractivity contribution in [3.8, 4) is 17.2 Å². The van der Waals surface area contributed by atoms with E-state index in [2.05, 4.69) is 33.0 Å². The highest BCUT2D eigenvalue weighted by atomic mass is 16.5. The molecular weight excluding hydrogens is 266 g/mol. The second-order valence-electron chi connectivity index (χ2n) is 6.55. The van der Waals surface area contributed by atoms with Gasteiger partial charge in [0.25, 0.3) is 0 Å². The van der Waals surface area contributed by atoms with Crippen molar-refractivity contribution in [3.05, 3.63) is 17.7 Å². The number of aryl methyl sites for hydroxylation is 1. The number of hydrogen-bond acceptors (Lipinski definition) is 4. The Labute approximate surface area is 128 Å². The summed E-state index contributed by atoms with van der Waals surface area (Å²) in [5, 5.41) is 3.48. The Morgan fingerprint density at radius 1 is 1.10 bits per heavy atom. The van der Waals surface area contributed by atoms with Crippen LogP contribution < -0.4 is 19.5 Å². The van der Waals surface area contributed by atoms with Gasteiger partial charge in [0, 0.05) is 18.0 Å². The molecule has 0 spiro atoms. The Balaban J connectivity index is 2.70. The topological polar surface area (TPSA) is 39.7 Å². The number of methoxy groups -OCH3 is 2. The van der Waals surface area contributed by atoms with Crippen molar-refractivity contribution in [1.29, 1.82) is 0 Å². The maximum absolute atomic E-state index is 5.94. The third kappa shape index (κ3) is 5.84. The molecule has 1 aromatic rings. The molecule has 0 radical (unpaired) electrons. The highest BCUT2D eigenvalue weighted by Crippen LogP contribution is 2.38. The molecule has 1 rings (SSSR count). The Bertz CT molecular complexity index is 427. The number of hydrogen-bond donors (Lipinski definition) is 1. The van der Waals surface area contributed by atoms with Gasteiger partial charge in [0.1, 0.15) is 0 Å². The molecule has 1 N–H and O–H groups in total. The van der Waals surface area contributed by atoms with Crippen molar-refractivity contribution >= 4 is 0 Å².